The number of carbonyl (C=O) groups is 1. The van der Waals surface area contributed by atoms with Crippen molar-refractivity contribution in [2.75, 3.05) is 6.54 Å². The molecule has 0 aromatic heterocycles. The number of carbonyl (C=O) groups excluding carboxylic acids is 1. The Kier molecular flexibility index (Phi) is 5.88. The predicted octanol–water partition coefficient (Wildman–Crippen LogP) is 4.61. The normalized spacial score (nSPS) is 26.7. The lowest BCUT2D eigenvalue weighted by atomic mass is 9.87. The third kappa shape index (κ3) is 4.11. The Hall–Kier alpha value is -2.33. The largest absolute Gasteiger partial charge is 0.508 e. The number of aromatic hydroxyl groups is 1. The quantitative estimate of drug-likeness (QED) is 0.788. The molecule has 0 radical (unpaired) electrons. The van der Waals surface area contributed by atoms with E-state index in [4.69, 9.17) is 0 Å². The average molecular weight is 407 g/mol. The van der Waals surface area contributed by atoms with Gasteiger partial charge in [-0.3, -0.25) is 9.69 Å². The molecule has 1 N–H and O–H groups in total. The zero-order chi connectivity index (χ0) is 21.3. The highest BCUT2D eigenvalue weighted by Crippen LogP contribution is 2.44. The number of hydrogen-bond donors (Lipinski definition) is 1. The topological polar surface area (TPSA) is 43.8 Å². The Morgan fingerprint density at radius 1 is 1.10 bits per heavy atom. The van der Waals surface area contributed by atoms with Gasteiger partial charge in [-0.1, -0.05) is 56.3 Å². The maximum Gasteiger partial charge on any atom is 0.225 e. The van der Waals surface area contributed by atoms with E-state index in [1.807, 2.05) is 26.0 Å². The highest BCUT2D eigenvalue weighted by atomic mass is 16.3. The SMILES string of the molecule is CC(C)C(=O)N1CCC[C@H]2[C@@H]1C[C@@](C)(Cc1ccccc1)N2Cc1cccc(O)c1. The molecule has 4 rings (SSSR count). The highest BCUT2D eigenvalue weighted by Gasteiger charge is 2.52. The number of fused-ring (bicyclic) bond motifs is 1. The van der Waals surface area contributed by atoms with Crippen molar-refractivity contribution in [1.29, 1.82) is 0 Å². The maximum absolute atomic E-state index is 13.0. The molecule has 2 aliphatic heterocycles. The van der Waals surface area contributed by atoms with Crippen LogP contribution in [0, 0.1) is 5.92 Å². The molecule has 160 valence electrons. The molecule has 2 fully saturated rings. The van der Waals surface area contributed by atoms with E-state index in [0.29, 0.717) is 11.8 Å². The average Bonchev–Trinajstić information content (AvgIpc) is 2.99. The summed E-state index contributed by atoms with van der Waals surface area (Å²) in [7, 11) is 0. The second-order valence-electron chi connectivity index (χ2n) is 9.62. The van der Waals surface area contributed by atoms with Gasteiger partial charge in [0.2, 0.25) is 5.91 Å². The minimum Gasteiger partial charge on any atom is -0.508 e. The van der Waals surface area contributed by atoms with Gasteiger partial charge in [0.25, 0.3) is 0 Å². The lowest BCUT2D eigenvalue weighted by Gasteiger charge is -2.42. The number of nitrogens with zero attached hydrogens (tertiary/aromatic N) is 2. The Balaban J connectivity index is 1.67. The summed E-state index contributed by atoms with van der Waals surface area (Å²) in [5.41, 5.74) is 2.42. The van der Waals surface area contributed by atoms with Gasteiger partial charge in [-0.2, -0.15) is 0 Å². The van der Waals surface area contributed by atoms with Gasteiger partial charge in [0, 0.05) is 36.6 Å². The van der Waals surface area contributed by atoms with Crippen LogP contribution in [0.2, 0.25) is 0 Å². The molecule has 2 heterocycles. The number of benzene rings is 2. The van der Waals surface area contributed by atoms with Crippen LogP contribution in [0.4, 0.5) is 0 Å². The number of phenols is 1. The monoisotopic (exact) mass is 406 g/mol. The van der Waals surface area contributed by atoms with E-state index in [1.165, 1.54) is 5.56 Å². The maximum atomic E-state index is 13.0. The summed E-state index contributed by atoms with van der Waals surface area (Å²) in [4.78, 5) is 17.8. The van der Waals surface area contributed by atoms with Crippen molar-refractivity contribution in [2.45, 2.75) is 70.6 Å². The Morgan fingerprint density at radius 2 is 1.83 bits per heavy atom. The molecule has 0 unspecified atom stereocenters. The van der Waals surface area contributed by atoms with Crippen LogP contribution in [-0.2, 0) is 17.8 Å². The minimum absolute atomic E-state index is 0.0317. The van der Waals surface area contributed by atoms with Crippen molar-refractivity contribution in [2.24, 2.45) is 5.92 Å². The van der Waals surface area contributed by atoms with E-state index in [1.54, 1.807) is 6.07 Å². The van der Waals surface area contributed by atoms with Gasteiger partial charge < -0.3 is 10.0 Å². The Bertz CT molecular complexity index is 882. The fourth-order valence-corrected chi connectivity index (χ4v) is 5.59. The molecule has 0 saturated carbocycles. The molecule has 30 heavy (non-hydrogen) atoms. The Labute approximate surface area is 180 Å². The molecule has 1 amide bonds. The third-order valence-electron chi connectivity index (χ3n) is 6.95. The van der Waals surface area contributed by atoms with Gasteiger partial charge in [0.15, 0.2) is 0 Å². The van der Waals surface area contributed by atoms with E-state index in [2.05, 4.69) is 53.1 Å². The first-order valence-electron chi connectivity index (χ1n) is 11.3. The summed E-state index contributed by atoms with van der Waals surface area (Å²) in [6.07, 6.45) is 4.13. The summed E-state index contributed by atoms with van der Waals surface area (Å²) in [6, 6.07) is 18.9. The van der Waals surface area contributed by atoms with Crippen LogP contribution in [0.5, 0.6) is 5.75 Å². The number of rotatable bonds is 5. The zero-order valence-electron chi connectivity index (χ0n) is 18.4. The molecule has 0 bridgehead atoms. The predicted molar refractivity (Wildman–Crippen MR) is 120 cm³/mol. The fourth-order valence-electron chi connectivity index (χ4n) is 5.59. The van der Waals surface area contributed by atoms with Crippen molar-refractivity contribution < 1.29 is 9.90 Å². The second-order valence-corrected chi connectivity index (χ2v) is 9.62. The first-order chi connectivity index (χ1) is 14.4. The molecule has 2 saturated heterocycles. The molecular formula is C26H34N2O2. The number of likely N-dealkylation sites (tertiary alicyclic amines) is 2. The van der Waals surface area contributed by atoms with E-state index in [0.717, 1.165) is 44.3 Å². The minimum atomic E-state index is -0.0397. The van der Waals surface area contributed by atoms with Gasteiger partial charge in [0.05, 0.1) is 0 Å². The first kappa shape index (κ1) is 20.9. The molecule has 2 aromatic rings. The molecule has 0 spiro atoms. The smallest absolute Gasteiger partial charge is 0.225 e. The summed E-state index contributed by atoms with van der Waals surface area (Å²) in [5.74, 6) is 0.628. The van der Waals surface area contributed by atoms with Crippen LogP contribution in [0.25, 0.3) is 0 Å². The van der Waals surface area contributed by atoms with Crippen LogP contribution in [0.15, 0.2) is 54.6 Å². The highest BCUT2D eigenvalue weighted by molar-refractivity contribution is 5.78. The summed E-state index contributed by atoms with van der Waals surface area (Å²) >= 11 is 0. The number of amides is 1. The third-order valence-corrected chi connectivity index (χ3v) is 6.95. The van der Waals surface area contributed by atoms with Crippen LogP contribution >= 0.6 is 0 Å². The molecule has 4 heteroatoms. The zero-order valence-corrected chi connectivity index (χ0v) is 18.4. The summed E-state index contributed by atoms with van der Waals surface area (Å²) in [6.45, 7) is 8.05. The molecular weight excluding hydrogens is 372 g/mol. The molecule has 4 nitrogen and oxygen atoms in total. The van der Waals surface area contributed by atoms with Gasteiger partial charge in [0.1, 0.15) is 5.75 Å². The molecule has 3 atom stereocenters. The van der Waals surface area contributed by atoms with Crippen molar-refractivity contribution in [3.05, 3.63) is 65.7 Å². The van der Waals surface area contributed by atoms with Gasteiger partial charge in [-0.05, 0) is 55.9 Å². The van der Waals surface area contributed by atoms with E-state index < -0.39 is 0 Å². The van der Waals surface area contributed by atoms with Crippen LogP contribution in [-0.4, -0.2) is 45.0 Å². The number of phenolic OH excluding ortho intramolecular Hbond substituents is 1. The van der Waals surface area contributed by atoms with Crippen molar-refractivity contribution in [3.8, 4) is 5.75 Å². The molecule has 2 aliphatic rings. The second kappa shape index (κ2) is 8.43. The van der Waals surface area contributed by atoms with Gasteiger partial charge in [-0.25, -0.2) is 0 Å². The lowest BCUT2D eigenvalue weighted by molar-refractivity contribution is -0.139. The van der Waals surface area contributed by atoms with Crippen molar-refractivity contribution in [1.82, 2.24) is 9.80 Å². The van der Waals surface area contributed by atoms with Crippen LogP contribution < -0.4 is 0 Å². The standard InChI is InChI=1S/C26H34N2O2/c1-19(2)25(30)27-14-8-13-23-24(27)17-26(3,16-20-9-5-4-6-10-20)28(23)18-21-11-7-12-22(29)15-21/h4-7,9-12,15,19,23-24,29H,8,13-14,16-18H2,1-3H3/t23-,24-,26+/m0/s1. The van der Waals surface area contributed by atoms with Crippen molar-refractivity contribution >= 4 is 5.91 Å². The first-order valence-corrected chi connectivity index (χ1v) is 11.3. The fraction of sp³-hybridized carbons (Fsp3) is 0.500. The molecule has 0 aliphatic carbocycles. The van der Waals surface area contributed by atoms with Crippen LogP contribution in [0.1, 0.15) is 51.2 Å². The van der Waals surface area contributed by atoms with E-state index in [9.17, 15) is 9.90 Å². The summed E-state index contributed by atoms with van der Waals surface area (Å²) in [5, 5.41) is 9.99. The molecule has 2 aromatic carbocycles. The summed E-state index contributed by atoms with van der Waals surface area (Å²) < 4.78 is 0. The van der Waals surface area contributed by atoms with Crippen molar-refractivity contribution in [3.63, 3.8) is 0 Å². The Morgan fingerprint density at radius 3 is 2.53 bits per heavy atom. The van der Waals surface area contributed by atoms with Gasteiger partial charge in [-0.15, -0.1) is 0 Å². The van der Waals surface area contributed by atoms with E-state index in [-0.39, 0.29) is 23.4 Å². The lowest BCUT2D eigenvalue weighted by Crippen LogP contribution is -2.53. The number of hydrogen-bond acceptors (Lipinski definition) is 3. The van der Waals surface area contributed by atoms with Gasteiger partial charge >= 0.3 is 0 Å². The van der Waals surface area contributed by atoms with E-state index >= 15 is 0 Å². The number of piperidine rings is 1. The van der Waals surface area contributed by atoms with Crippen LogP contribution in [0.3, 0.4) is 0 Å².